The maximum absolute atomic E-state index is 3.04. The highest BCUT2D eigenvalue weighted by atomic mass is 31.1. The second-order valence-electron chi connectivity index (χ2n) is 7.62. The molecular formula is C20H40NP. The molecule has 1 nitrogen and oxygen atoms in total. The molecular weight excluding hydrogens is 285 g/mol. The van der Waals surface area contributed by atoms with E-state index in [4.69, 9.17) is 0 Å². The van der Waals surface area contributed by atoms with Gasteiger partial charge in [0.15, 0.2) is 0 Å². The maximum Gasteiger partial charge on any atom is 0.00210 e. The summed E-state index contributed by atoms with van der Waals surface area (Å²) in [7, 11) is 0.150. The maximum atomic E-state index is 3.04. The van der Waals surface area contributed by atoms with Gasteiger partial charge < -0.3 is 0 Å². The van der Waals surface area contributed by atoms with Crippen LogP contribution in [0.3, 0.4) is 0 Å². The molecule has 2 aliphatic rings. The van der Waals surface area contributed by atoms with E-state index in [1.165, 1.54) is 77.3 Å². The molecule has 0 N–H and O–H groups in total. The highest BCUT2D eigenvalue weighted by Crippen LogP contribution is 2.58. The van der Waals surface area contributed by atoms with Gasteiger partial charge >= 0.3 is 0 Å². The Morgan fingerprint density at radius 3 is 1.45 bits per heavy atom. The highest BCUT2D eigenvalue weighted by Gasteiger charge is 2.34. The molecule has 2 saturated carbocycles. The molecule has 0 bridgehead atoms. The highest BCUT2D eigenvalue weighted by molar-refractivity contribution is 7.56. The third-order valence-corrected chi connectivity index (χ3v) is 9.35. The second-order valence-corrected chi connectivity index (χ2v) is 10.4. The lowest BCUT2D eigenvalue weighted by molar-refractivity contribution is 0.395. The third-order valence-electron chi connectivity index (χ3n) is 5.76. The van der Waals surface area contributed by atoms with E-state index in [2.05, 4.69) is 18.5 Å². The number of hydrogen-bond donors (Lipinski definition) is 0. The van der Waals surface area contributed by atoms with Crippen LogP contribution in [0.5, 0.6) is 0 Å². The van der Waals surface area contributed by atoms with Crippen LogP contribution in [-0.4, -0.2) is 29.1 Å². The van der Waals surface area contributed by atoms with Crippen LogP contribution in [0.4, 0.5) is 0 Å². The van der Waals surface area contributed by atoms with Gasteiger partial charge in [-0.15, -0.1) is 0 Å². The molecule has 0 aliphatic heterocycles. The Balaban J connectivity index is 2.06. The van der Waals surface area contributed by atoms with Crippen LogP contribution in [0.2, 0.25) is 0 Å². The van der Waals surface area contributed by atoms with Crippen LogP contribution in [0.1, 0.15) is 104 Å². The van der Waals surface area contributed by atoms with Gasteiger partial charge in [-0.1, -0.05) is 65.2 Å². The molecule has 2 fully saturated rings. The fraction of sp³-hybridized carbons (Fsp3) is 1.00. The van der Waals surface area contributed by atoms with E-state index in [-0.39, 0.29) is 8.07 Å². The first-order valence-corrected chi connectivity index (χ1v) is 11.8. The van der Waals surface area contributed by atoms with Gasteiger partial charge in [0.1, 0.15) is 0 Å². The van der Waals surface area contributed by atoms with E-state index in [0.29, 0.717) is 0 Å². The van der Waals surface area contributed by atoms with Crippen molar-refractivity contribution in [3.05, 3.63) is 0 Å². The molecule has 2 rings (SSSR count). The predicted molar refractivity (Wildman–Crippen MR) is 102 cm³/mol. The first-order chi connectivity index (χ1) is 10.9. The first kappa shape index (κ1) is 18.7. The molecule has 0 amide bonds. The number of nitrogens with zero attached hydrogens (tertiary/aromatic N) is 1. The lowest BCUT2D eigenvalue weighted by atomic mass is 10.00. The van der Waals surface area contributed by atoms with Gasteiger partial charge in [0.2, 0.25) is 0 Å². The van der Waals surface area contributed by atoms with Gasteiger partial charge in [-0.25, -0.2) is 0 Å². The minimum absolute atomic E-state index is 0.150. The first-order valence-electron chi connectivity index (χ1n) is 10.4. The summed E-state index contributed by atoms with van der Waals surface area (Å²) < 4.78 is 3.04. The van der Waals surface area contributed by atoms with Crippen molar-refractivity contribution in [2.75, 3.05) is 13.1 Å². The van der Waals surface area contributed by atoms with Crippen LogP contribution in [-0.2, 0) is 0 Å². The van der Waals surface area contributed by atoms with Gasteiger partial charge in [-0.3, -0.25) is 4.67 Å². The molecule has 0 aromatic rings. The summed E-state index contributed by atoms with van der Waals surface area (Å²) in [6.07, 6.45) is 20.9. The van der Waals surface area contributed by atoms with Gasteiger partial charge in [-0.2, -0.15) is 0 Å². The summed E-state index contributed by atoms with van der Waals surface area (Å²) >= 11 is 0. The Bertz CT molecular complexity index is 243. The van der Waals surface area contributed by atoms with Gasteiger partial charge in [0.25, 0.3) is 0 Å². The fourth-order valence-electron chi connectivity index (χ4n) is 4.48. The molecule has 0 aromatic heterocycles. The zero-order chi connectivity index (χ0) is 15.6. The van der Waals surface area contributed by atoms with Crippen LogP contribution < -0.4 is 0 Å². The van der Waals surface area contributed by atoms with E-state index in [1.807, 2.05) is 0 Å². The summed E-state index contributed by atoms with van der Waals surface area (Å²) in [5.74, 6) is 0. The van der Waals surface area contributed by atoms with Crippen molar-refractivity contribution >= 4 is 8.07 Å². The Hall–Kier alpha value is 0.390. The van der Waals surface area contributed by atoms with Crippen molar-refractivity contribution in [3.8, 4) is 0 Å². The third kappa shape index (κ3) is 5.79. The summed E-state index contributed by atoms with van der Waals surface area (Å²) in [5.41, 5.74) is 2.17. The van der Waals surface area contributed by atoms with Crippen LogP contribution >= 0.6 is 8.07 Å². The average Bonchev–Trinajstić information content (AvgIpc) is 2.59. The van der Waals surface area contributed by atoms with Gasteiger partial charge in [-0.05, 0) is 57.9 Å². The quantitative estimate of drug-likeness (QED) is 0.414. The fourth-order valence-corrected chi connectivity index (χ4v) is 8.53. The number of hydrogen-bond acceptors (Lipinski definition) is 1. The number of rotatable bonds is 9. The number of unbranched alkanes of at least 4 members (excludes halogenated alkanes) is 2. The monoisotopic (exact) mass is 325 g/mol. The second kappa shape index (κ2) is 11.0. The summed E-state index contributed by atoms with van der Waals surface area (Å²) in [6, 6.07) is 0. The van der Waals surface area contributed by atoms with Gasteiger partial charge in [0.05, 0.1) is 0 Å². The Labute approximate surface area is 141 Å². The molecule has 0 radical (unpaired) electrons. The molecule has 22 heavy (non-hydrogen) atoms. The molecule has 0 aromatic carbocycles. The van der Waals surface area contributed by atoms with E-state index in [0.717, 1.165) is 11.3 Å². The van der Waals surface area contributed by atoms with Gasteiger partial charge in [0, 0.05) is 13.1 Å². The molecule has 2 heteroatoms. The summed E-state index contributed by atoms with van der Waals surface area (Å²) in [5, 5.41) is 0. The van der Waals surface area contributed by atoms with Crippen molar-refractivity contribution in [2.24, 2.45) is 0 Å². The Morgan fingerprint density at radius 1 is 0.682 bits per heavy atom. The molecule has 130 valence electrons. The molecule has 0 saturated heterocycles. The Morgan fingerprint density at radius 2 is 1.09 bits per heavy atom. The molecule has 0 spiro atoms. The SMILES string of the molecule is CCCCN(CCCC)P(C1CCCCC1)C1CCCCC1. The molecule has 0 heterocycles. The normalized spacial score (nSPS) is 21.8. The lowest BCUT2D eigenvalue weighted by Gasteiger charge is -2.45. The van der Waals surface area contributed by atoms with Crippen molar-refractivity contribution in [3.63, 3.8) is 0 Å². The van der Waals surface area contributed by atoms with Crippen molar-refractivity contribution in [1.29, 1.82) is 0 Å². The standard InChI is InChI=1S/C20H40NP/c1-3-5-17-21(18-6-4-2)22(19-13-9-7-10-14-19)20-15-11-8-12-16-20/h19-20H,3-18H2,1-2H3. The molecule has 2 aliphatic carbocycles. The van der Waals surface area contributed by atoms with E-state index < -0.39 is 0 Å². The Kier molecular flexibility index (Phi) is 9.39. The van der Waals surface area contributed by atoms with Crippen LogP contribution in [0.25, 0.3) is 0 Å². The topological polar surface area (TPSA) is 3.24 Å². The molecule has 0 unspecified atom stereocenters. The minimum atomic E-state index is 0.150. The largest absolute Gasteiger partial charge is 0.282 e. The van der Waals surface area contributed by atoms with Crippen LogP contribution in [0, 0.1) is 0 Å². The molecule has 0 atom stereocenters. The van der Waals surface area contributed by atoms with Crippen molar-refractivity contribution < 1.29 is 0 Å². The van der Waals surface area contributed by atoms with Crippen molar-refractivity contribution in [2.45, 2.75) is 115 Å². The smallest absolute Gasteiger partial charge is 0.00210 e. The van der Waals surface area contributed by atoms with E-state index >= 15 is 0 Å². The zero-order valence-electron chi connectivity index (χ0n) is 15.4. The average molecular weight is 326 g/mol. The van der Waals surface area contributed by atoms with E-state index in [1.54, 1.807) is 25.7 Å². The summed E-state index contributed by atoms with van der Waals surface area (Å²) in [4.78, 5) is 0. The van der Waals surface area contributed by atoms with E-state index in [9.17, 15) is 0 Å². The lowest BCUT2D eigenvalue weighted by Crippen LogP contribution is -2.33. The zero-order valence-corrected chi connectivity index (χ0v) is 16.3. The van der Waals surface area contributed by atoms with Crippen LogP contribution in [0.15, 0.2) is 0 Å². The summed E-state index contributed by atoms with van der Waals surface area (Å²) in [6.45, 7) is 7.52. The van der Waals surface area contributed by atoms with Crippen molar-refractivity contribution in [1.82, 2.24) is 4.67 Å². The predicted octanol–water partition coefficient (Wildman–Crippen LogP) is 6.95. The minimum Gasteiger partial charge on any atom is -0.282 e.